The van der Waals surface area contributed by atoms with Crippen molar-refractivity contribution in [1.29, 1.82) is 0 Å². The van der Waals surface area contributed by atoms with Crippen LogP contribution in [0.3, 0.4) is 0 Å². The van der Waals surface area contributed by atoms with E-state index >= 15 is 0 Å². The molecule has 0 aromatic heterocycles. The molecule has 0 fully saturated rings. The van der Waals surface area contributed by atoms with E-state index in [1.807, 2.05) is 13.8 Å². The van der Waals surface area contributed by atoms with E-state index in [2.05, 4.69) is 0 Å². The molecular formula is C10H21N3O5S. The minimum Gasteiger partial charge on any atom is -0.480 e. The standard InChI is InChI=1S/C10H21N3O5S/c1-3-5-12(6-4-2)19(17,18)13(7-9(11)14)8-10(15)16/h3-8H2,1-2H3,(H2,11,14)(H,15,16). The quantitative estimate of drug-likeness (QED) is 0.548. The van der Waals surface area contributed by atoms with Crippen LogP contribution >= 0.6 is 0 Å². The number of carboxylic acid groups (broad SMARTS) is 1. The Labute approximate surface area is 113 Å². The molecule has 0 radical (unpaired) electrons. The summed E-state index contributed by atoms with van der Waals surface area (Å²) in [7, 11) is -3.99. The van der Waals surface area contributed by atoms with Gasteiger partial charge < -0.3 is 10.8 Å². The molecule has 0 aliphatic heterocycles. The van der Waals surface area contributed by atoms with Gasteiger partial charge in [0.15, 0.2) is 0 Å². The number of nitrogens with zero attached hydrogens (tertiary/aromatic N) is 2. The van der Waals surface area contributed by atoms with Crippen LogP contribution < -0.4 is 5.73 Å². The molecule has 0 rings (SSSR count). The number of carbonyl (C=O) groups is 2. The lowest BCUT2D eigenvalue weighted by Gasteiger charge is -2.27. The van der Waals surface area contributed by atoms with Crippen LogP contribution in [0.25, 0.3) is 0 Å². The molecule has 3 N–H and O–H groups in total. The lowest BCUT2D eigenvalue weighted by atomic mass is 10.4. The first kappa shape index (κ1) is 17.8. The van der Waals surface area contributed by atoms with Gasteiger partial charge in [0.1, 0.15) is 6.54 Å². The van der Waals surface area contributed by atoms with E-state index in [9.17, 15) is 18.0 Å². The molecule has 0 aliphatic rings. The van der Waals surface area contributed by atoms with E-state index in [0.29, 0.717) is 17.1 Å². The second kappa shape index (κ2) is 8.08. The zero-order chi connectivity index (χ0) is 15.1. The van der Waals surface area contributed by atoms with Crippen molar-refractivity contribution >= 4 is 22.1 Å². The van der Waals surface area contributed by atoms with Crippen LogP contribution in [-0.2, 0) is 19.8 Å². The number of carboxylic acids is 1. The second-order valence-electron chi connectivity index (χ2n) is 4.03. The molecule has 0 heterocycles. The van der Waals surface area contributed by atoms with E-state index in [1.165, 1.54) is 4.31 Å². The average molecular weight is 295 g/mol. The first-order valence-electron chi connectivity index (χ1n) is 6.01. The summed E-state index contributed by atoms with van der Waals surface area (Å²) in [6.45, 7) is 2.74. The smallest absolute Gasteiger partial charge is 0.318 e. The number of rotatable bonds is 10. The molecule has 8 nitrogen and oxygen atoms in total. The van der Waals surface area contributed by atoms with Gasteiger partial charge in [0.2, 0.25) is 5.91 Å². The van der Waals surface area contributed by atoms with Gasteiger partial charge in [-0.3, -0.25) is 9.59 Å². The van der Waals surface area contributed by atoms with Gasteiger partial charge in [-0.1, -0.05) is 13.8 Å². The molecule has 0 bridgehead atoms. The summed E-state index contributed by atoms with van der Waals surface area (Å²) in [5, 5.41) is 8.72. The molecule has 0 saturated heterocycles. The van der Waals surface area contributed by atoms with Crippen LogP contribution in [0.4, 0.5) is 0 Å². The van der Waals surface area contributed by atoms with Crippen LogP contribution in [-0.4, -0.2) is 60.2 Å². The van der Waals surface area contributed by atoms with Crippen molar-refractivity contribution in [2.45, 2.75) is 26.7 Å². The summed E-state index contributed by atoms with van der Waals surface area (Å²) < 4.78 is 26.3. The van der Waals surface area contributed by atoms with Gasteiger partial charge in [-0.25, -0.2) is 0 Å². The highest BCUT2D eigenvalue weighted by Gasteiger charge is 2.31. The second-order valence-corrected chi connectivity index (χ2v) is 5.96. The number of hydrogen-bond acceptors (Lipinski definition) is 4. The highest BCUT2D eigenvalue weighted by molar-refractivity contribution is 7.86. The molecule has 0 unspecified atom stereocenters. The van der Waals surface area contributed by atoms with Crippen LogP contribution in [0.2, 0.25) is 0 Å². The zero-order valence-electron chi connectivity index (χ0n) is 11.2. The third kappa shape index (κ3) is 5.99. The molecule has 19 heavy (non-hydrogen) atoms. The normalized spacial score (nSPS) is 12.0. The maximum absolute atomic E-state index is 12.3. The van der Waals surface area contributed by atoms with E-state index in [1.54, 1.807) is 0 Å². The Balaban J connectivity index is 5.21. The molecule has 112 valence electrons. The number of hydrogen-bond donors (Lipinski definition) is 2. The highest BCUT2D eigenvalue weighted by atomic mass is 32.2. The lowest BCUT2D eigenvalue weighted by Crippen LogP contribution is -2.49. The van der Waals surface area contributed by atoms with Crippen LogP contribution in [0.1, 0.15) is 26.7 Å². The molecule has 0 aromatic carbocycles. The molecule has 0 atom stereocenters. The van der Waals surface area contributed by atoms with E-state index in [-0.39, 0.29) is 13.1 Å². The van der Waals surface area contributed by atoms with Crippen LogP contribution in [0.5, 0.6) is 0 Å². The van der Waals surface area contributed by atoms with Crippen molar-refractivity contribution in [2.75, 3.05) is 26.2 Å². The molecular weight excluding hydrogens is 274 g/mol. The molecule has 9 heteroatoms. The first-order chi connectivity index (χ1) is 8.75. The zero-order valence-corrected chi connectivity index (χ0v) is 12.0. The summed E-state index contributed by atoms with van der Waals surface area (Å²) in [6, 6.07) is 0. The summed E-state index contributed by atoms with van der Waals surface area (Å²) >= 11 is 0. The topological polar surface area (TPSA) is 121 Å². The third-order valence-corrected chi connectivity index (χ3v) is 4.17. The number of carbonyl (C=O) groups excluding carboxylic acids is 1. The van der Waals surface area contributed by atoms with Gasteiger partial charge >= 0.3 is 5.97 Å². The Kier molecular flexibility index (Phi) is 7.57. The number of aliphatic carboxylic acids is 1. The van der Waals surface area contributed by atoms with Gasteiger partial charge in [-0.15, -0.1) is 0 Å². The van der Waals surface area contributed by atoms with Gasteiger partial charge in [0, 0.05) is 13.1 Å². The van der Waals surface area contributed by atoms with Crippen molar-refractivity contribution in [3.63, 3.8) is 0 Å². The molecule has 0 aromatic rings. The third-order valence-electron chi connectivity index (χ3n) is 2.24. The van der Waals surface area contributed by atoms with E-state index < -0.39 is 35.2 Å². The minimum absolute atomic E-state index is 0.269. The first-order valence-corrected chi connectivity index (χ1v) is 7.40. The predicted octanol–water partition coefficient (Wildman–Crippen LogP) is -0.775. The average Bonchev–Trinajstić information content (AvgIpc) is 2.26. The molecule has 0 saturated carbocycles. The summed E-state index contributed by atoms with van der Waals surface area (Å²) in [5.74, 6) is -2.23. The fourth-order valence-corrected chi connectivity index (χ4v) is 3.27. The Morgan fingerprint density at radius 2 is 1.53 bits per heavy atom. The maximum atomic E-state index is 12.3. The molecule has 0 spiro atoms. The summed E-state index contributed by atoms with van der Waals surface area (Å²) in [4.78, 5) is 21.6. The Morgan fingerprint density at radius 1 is 1.05 bits per heavy atom. The fraction of sp³-hybridized carbons (Fsp3) is 0.800. The van der Waals surface area contributed by atoms with E-state index in [4.69, 9.17) is 10.8 Å². The van der Waals surface area contributed by atoms with Crippen molar-refractivity contribution in [1.82, 2.24) is 8.61 Å². The van der Waals surface area contributed by atoms with Crippen LogP contribution in [0.15, 0.2) is 0 Å². The van der Waals surface area contributed by atoms with Crippen molar-refractivity contribution < 1.29 is 23.1 Å². The van der Waals surface area contributed by atoms with Crippen molar-refractivity contribution in [2.24, 2.45) is 5.73 Å². The Hall–Kier alpha value is -1.19. The van der Waals surface area contributed by atoms with Crippen molar-refractivity contribution in [3.05, 3.63) is 0 Å². The molecule has 1 amide bonds. The number of nitrogens with two attached hydrogens (primary N) is 1. The number of amides is 1. The Bertz CT molecular complexity index is 387. The van der Waals surface area contributed by atoms with Gasteiger partial charge in [-0.05, 0) is 12.8 Å². The lowest BCUT2D eigenvalue weighted by molar-refractivity contribution is -0.137. The largest absolute Gasteiger partial charge is 0.480 e. The summed E-state index contributed by atoms with van der Waals surface area (Å²) in [6.07, 6.45) is 1.19. The molecule has 0 aliphatic carbocycles. The van der Waals surface area contributed by atoms with Crippen LogP contribution in [0, 0.1) is 0 Å². The fourth-order valence-electron chi connectivity index (χ4n) is 1.55. The monoisotopic (exact) mass is 295 g/mol. The van der Waals surface area contributed by atoms with Gasteiger partial charge in [-0.2, -0.15) is 17.0 Å². The minimum atomic E-state index is -3.99. The van der Waals surface area contributed by atoms with Gasteiger partial charge in [0.05, 0.1) is 6.54 Å². The van der Waals surface area contributed by atoms with E-state index in [0.717, 1.165) is 0 Å². The summed E-state index contributed by atoms with van der Waals surface area (Å²) in [5.41, 5.74) is 4.96. The maximum Gasteiger partial charge on any atom is 0.318 e. The number of primary amides is 1. The SMILES string of the molecule is CCCN(CCC)S(=O)(=O)N(CC(N)=O)CC(=O)O. The van der Waals surface area contributed by atoms with Gasteiger partial charge in [0.25, 0.3) is 10.2 Å². The highest BCUT2D eigenvalue weighted by Crippen LogP contribution is 2.10. The Morgan fingerprint density at radius 3 is 1.84 bits per heavy atom. The van der Waals surface area contributed by atoms with Crippen molar-refractivity contribution in [3.8, 4) is 0 Å². The predicted molar refractivity (Wildman–Crippen MR) is 69.5 cm³/mol.